The van der Waals surface area contributed by atoms with Gasteiger partial charge in [0.05, 0.1) is 17.1 Å². The third-order valence-corrected chi connectivity index (χ3v) is 4.59. The second-order valence-corrected chi connectivity index (χ2v) is 6.18. The molecule has 1 atom stereocenters. The van der Waals surface area contributed by atoms with Gasteiger partial charge in [0, 0.05) is 18.1 Å². The predicted molar refractivity (Wildman–Crippen MR) is 88.2 cm³/mol. The topological polar surface area (TPSA) is 72.1 Å². The molecule has 1 amide bonds. The first-order valence-electron chi connectivity index (χ1n) is 8.35. The van der Waals surface area contributed by atoms with Gasteiger partial charge in [-0.2, -0.15) is 4.98 Å². The number of pyridine rings is 1. The average Bonchev–Trinajstić information content (AvgIpc) is 3.05. The minimum absolute atomic E-state index is 0.250. The zero-order chi connectivity index (χ0) is 17.2. The molecule has 3 heterocycles. The Morgan fingerprint density at radius 3 is 3.00 bits per heavy atom. The summed E-state index contributed by atoms with van der Waals surface area (Å²) in [5, 5.41) is 4.53. The predicted octanol–water partition coefficient (Wildman–Crippen LogP) is 3.51. The van der Waals surface area contributed by atoms with Crippen molar-refractivity contribution in [2.24, 2.45) is 0 Å². The molecule has 1 unspecified atom stereocenters. The van der Waals surface area contributed by atoms with Crippen LogP contribution in [0.4, 0.5) is 4.39 Å². The molecule has 3 aromatic rings. The second kappa shape index (κ2) is 6.58. The molecule has 25 heavy (non-hydrogen) atoms. The average molecular weight is 340 g/mol. The lowest BCUT2D eigenvalue weighted by atomic mass is 10.1. The molecule has 1 aliphatic rings. The van der Waals surface area contributed by atoms with Gasteiger partial charge in [0.15, 0.2) is 5.82 Å². The van der Waals surface area contributed by atoms with Gasteiger partial charge in [0.2, 0.25) is 6.39 Å². The van der Waals surface area contributed by atoms with Crippen molar-refractivity contribution in [1.82, 2.24) is 20.0 Å². The summed E-state index contributed by atoms with van der Waals surface area (Å²) in [7, 11) is 0. The van der Waals surface area contributed by atoms with Crippen LogP contribution >= 0.6 is 0 Å². The molecule has 2 aromatic heterocycles. The molecule has 0 radical (unpaired) electrons. The molecule has 0 bridgehead atoms. The van der Waals surface area contributed by atoms with Gasteiger partial charge < -0.3 is 9.42 Å². The van der Waals surface area contributed by atoms with E-state index in [9.17, 15) is 9.18 Å². The van der Waals surface area contributed by atoms with Crippen molar-refractivity contribution in [3.05, 3.63) is 54.1 Å². The highest BCUT2D eigenvalue weighted by atomic mass is 19.1. The summed E-state index contributed by atoms with van der Waals surface area (Å²) in [6, 6.07) is 5.86. The van der Waals surface area contributed by atoms with Crippen LogP contribution in [-0.2, 0) is 0 Å². The number of amides is 1. The zero-order valence-corrected chi connectivity index (χ0v) is 13.6. The van der Waals surface area contributed by atoms with Gasteiger partial charge in [-0.25, -0.2) is 4.39 Å². The highest BCUT2D eigenvalue weighted by Gasteiger charge is 2.31. The van der Waals surface area contributed by atoms with Crippen LogP contribution in [0.5, 0.6) is 0 Å². The van der Waals surface area contributed by atoms with E-state index >= 15 is 0 Å². The molecule has 1 aromatic carbocycles. The summed E-state index contributed by atoms with van der Waals surface area (Å²) in [4.78, 5) is 23.4. The highest BCUT2D eigenvalue weighted by molar-refractivity contribution is 6.05. The fourth-order valence-corrected chi connectivity index (χ4v) is 3.42. The van der Waals surface area contributed by atoms with Crippen LogP contribution in [0, 0.1) is 5.82 Å². The Morgan fingerprint density at radius 2 is 2.16 bits per heavy atom. The van der Waals surface area contributed by atoms with Crippen LogP contribution in [0.2, 0.25) is 0 Å². The second-order valence-electron chi connectivity index (χ2n) is 6.18. The van der Waals surface area contributed by atoms with Crippen LogP contribution in [-0.4, -0.2) is 32.5 Å². The van der Waals surface area contributed by atoms with E-state index in [0.717, 1.165) is 25.7 Å². The summed E-state index contributed by atoms with van der Waals surface area (Å²) >= 11 is 0. The first-order chi connectivity index (χ1) is 12.2. The van der Waals surface area contributed by atoms with E-state index in [1.807, 2.05) is 0 Å². The van der Waals surface area contributed by atoms with Crippen molar-refractivity contribution in [2.75, 3.05) is 6.54 Å². The van der Waals surface area contributed by atoms with Crippen molar-refractivity contribution < 1.29 is 13.7 Å². The molecule has 1 saturated heterocycles. The molecule has 7 heteroatoms. The maximum absolute atomic E-state index is 14.0. The number of carbonyl (C=O) groups excluding carboxylic acids is 1. The lowest BCUT2D eigenvalue weighted by molar-refractivity contribution is 0.0671. The molecule has 0 aliphatic carbocycles. The van der Waals surface area contributed by atoms with Gasteiger partial charge in [0.1, 0.15) is 5.82 Å². The van der Waals surface area contributed by atoms with Crippen molar-refractivity contribution in [3.63, 3.8) is 0 Å². The molecular weight excluding hydrogens is 323 g/mol. The molecule has 0 spiro atoms. The number of halogens is 1. The van der Waals surface area contributed by atoms with Gasteiger partial charge in [-0.05, 0) is 31.0 Å². The van der Waals surface area contributed by atoms with Crippen molar-refractivity contribution in [3.8, 4) is 0 Å². The molecule has 128 valence electrons. The van der Waals surface area contributed by atoms with Gasteiger partial charge in [-0.15, -0.1) is 0 Å². The van der Waals surface area contributed by atoms with Crippen molar-refractivity contribution in [1.29, 1.82) is 0 Å². The first kappa shape index (κ1) is 15.7. The van der Waals surface area contributed by atoms with Gasteiger partial charge >= 0.3 is 0 Å². The fraction of sp³-hybridized carbons (Fsp3) is 0.333. The fourth-order valence-electron chi connectivity index (χ4n) is 3.42. The van der Waals surface area contributed by atoms with Crippen LogP contribution in [0.3, 0.4) is 0 Å². The Hall–Kier alpha value is -2.83. The number of fused-ring (bicyclic) bond motifs is 1. The minimum atomic E-state index is -0.449. The van der Waals surface area contributed by atoms with E-state index in [1.54, 1.807) is 23.2 Å². The summed E-state index contributed by atoms with van der Waals surface area (Å²) < 4.78 is 18.9. The normalized spacial score (nSPS) is 18.3. The third-order valence-electron chi connectivity index (χ3n) is 4.59. The lowest BCUT2D eigenvalue weighted by Crippen LogP contribution is -2.35. The Balaban J connectivity index is 1.78. The smallest absolute Gasteiger partial charge is 0.256 e. The minimum Gasteiger partial charge on any atom is -0.343 e. The van der Waals surface area contributed by atoms with E-state index < -0.39 is 5.82 Å². The van der Waals surface area contributed by atoms with Crippen LogP contribution in [0.25, 0.3) is 10.9 Å². The molecule has 4 rings (SSSR count). The highest BCUT2D eigenvalue weighted by Crippen LogP contribution is 2.31. The molecule has 6 nitrogen and oxygen atoms in total. The Labute approximate surface area is 143 Å². The lowest BCUT2D eigenvalue weighted by Gasteiger charge is -2.28. The van der Waals surface area contributed by atoms with Crippen LogP contribution in [0.15, 0.2) is 41.4 Å². The number of aromatic nitrogens is 3. The standard InChI is InChI=1S/C18H17FN4O2/c19-13-9-12-5-4-7-20-16(12)14(10-13)18(24)23-8-3-1-2-6-15(23)17-21-11-25-22-17/h4-5,7,9-11,15H,1-3,6,8H2. The van der Waals surface area contributed by atoms with E-state index in [0.29, 0.717) is 23.3 Å². The molecule has 0 saturated carbocycles. The summed E-state index contributed by atoms with van der Waals surface area (Å²) in [5.41, 5.74) is 0.774. The number of likely N-dealkylation sites (tertiary alicyclic amines) is 1. The number of hydrogen-bond donors (Lipinski definition) is 0. The van der Waals surface area contributed by atoms with Gasteiger partial charge in [-0.3, -0.25) is 9.78 Å². The summed E-state index contributed by atoms with van der Waals surface area (Å²) in [5.74, 6) is -0.210. The number of hydrogen-bond acceptors (Lipinski definition) is 5. The number of benzene rings is 1. The maximum atomic E-state index is 14.0. The molecular formula is C18H17FN4O2. The van der Waals surface area contributed by atoms with E-state index in [2.05, 4.69) is 15.1 Å². The Morgan fingerprint density at radius 1 is 1.24 bits per heavy atom. The van der Waals surface area contributed by atoms with E-state index in [4.69, 9.17) is 4.52 Å². The number of carbonyl (C=O) groups is 1. The Kier molecular flexibility index (Phi) is 4.13. The van der Waals surface area contributed by atoms with Crippen LogP contribution < -0.4 is 0 Å². The van der Waals surface area contributed by atoms with Gasteiger partial charge in [-0.1, -0.05) is 24.1 Å². The molecule has 1 fully saturated rings. The first-order valence-corrected chi connectivity index (χ1v) is 8.35. The van der Waals surface area contributed by atoms with Crippen LogP contribution in [0.1, 0.15) is 47.9 Å². The molecule has 0 N–H and O–H groups in total. The zero-order valence-electron chi connectivity index (χ0n) is 13.6. The monoisotopic (exact) mass is 340 g/mol. The third kappa shape index (κ3) is 2.97. The van der Waals surface area contributed by atoms with E-state index in [1.165, 1.54) is 18.5 Å². The maximum Gasteiger partial charge on any atom is 0.256 e. The molecule has 1 aliphatic heterocycles. The van der Waals surface area contributed by atoms with E-state index in [-0.39, 0.29) is 17.5 Å². The summed E-state index contributed by atoms with van der Waals surface area (Å²) in [6.45, 7) is 0.572. The largest absolute Gasteiger partial charge is 0.343 e. The van der Waals surface area contributed by atoms with Crippen molar-refractivity contribution in [2.45, 2.75) is 31.7 Å². The van der Waals surface area contributed by atoms with Gasteiger partial charge in [0.25, 0.3) is 5.91 Å². The van der Waals surface area contributed by atoms with Crippen molar-refractivity contribution >= 4 is 16.8 Å². The Bertz CT molecular complexity index is 897. The number of rotatable bonds is 2. The summed E-state index contributed by atoms with van der Waals surface area (Å²) in [6.07, 6.45) is 6.52. The SMILES string of the molecule is O=C(c1cc(F)cc2cccnc12)N1CCCCCC1c1ncon1. The number of nitrogens with zero attached hydrogens (tertiary/aromatic N) is 4. The quantitative estimate of drug-likeness (QED) is 0.714.